The number of aromatic nitrogens is 4. The lowest BCUT2D eigenvalue weighted by Crippen LogP contribution is -2.15. The molecule has 0 aliphatic heterocycles. The average Bonchev–Trinajstić information content (AvgIpc) is 3.13. The molecule has 0 amide bonds. The first-order chi connectivity index (χ1) is 14.1. The topological polar surface area (TPSA) is 76.0 Å². The number of H-pyrrole nitrogens is 1. The molecule has 0 bridgehead atoms. The summed E-state index contributed by atoms with van der Waals surface area (Å²) in [6, 6.07) is 11.6. The lowest BCUT2D eigenvalue weighted by molar-refractivity contribution is 0.281. The Balaban J connectivity index is 1.67. The van der Waals surface area contributed by atoms with Gasteiger partial charge in [-0.2, -0.15) is 0 Å². The molecule has 7 nitrogen and oxygen atoms in total. The van der Waals surface area contributed by atoms with Crippen molar-refractivity contribution in [1.29, 1.82) is 0 Å². The van der Waals surface area contributed by atoms with Crippen molar-refractivity contribution in [2.45, 2.75) is 6.42 Å². The number of pyridine rings is 1. The van der Waals surface area contributed by atoms with Crippen LogP contribution in [0.5, 0.6) is 5.75 Å². The van der Waals surface area contributed by atoms with Crippen molar-refractivity contribution in [1.82, 2.24) is 24.4 Å². The summed E-state index contributed by atoms with van der Waals surface area (Å²) in [5.74, 6) is 0.815. The van der Waals surface area contributed by atoms with E-state index in [2.05, 4.69) is 19.9 Å². The van der Waals surface area contributed by atoms with Crippen molar-refractivity contribution in [3.05, 3.63) is 71.7 Å². The maximum atomic E-state index is 12.6. The van der Waals surface area contributed by atoms with Gasteiger partial charge in [0.25, 0.3) is 5.56 Å². The fourth-order valence-electron chi connectivity index (χ4n) is 3.28. The third kappa shape index (κ3) is 4.05. The maximum absolute atomic E-state index is 12.6. The highest BCUT2D eigenvalue weighted by molar-refractivity contribution is 5.94. The summed E-state index contributed by atoms with van der Waals surface area (Å²) < 4.78 is 7.70. The number of nitrogens with one attached hydrogen (secondary N) is 1. The monoisotopic (exact) mass is 389 g/mol. The van der Waals surface area contributed by atoms with Crippen LogP contribution in [0.2, 0.25) is 0 Å². The zero-order chi connectivity index (χ0) is 20.2. The van der Waals surface area contributed by atoms with Crippen LogP contribution in [-0.2, 0) is 0 Å². The largest absolute Gasteiger partial charge is 0.494 e. The summed E-state index contributed by atoms with van der Waals surface area (Å²) in [4.78, 5) is 25.9. The molecule has 148 valence electrons. The number of fused-ring (bicyclic) bond motifs is 1. The Morgan fingerprint density at radius 2 is 2.00 bits per heavy atom. The molecule has 1 aromatic carbocycles. The van der Waals surface area contributed by atoms with E-state index in [0.717, 1.165) is 35.5 Å². The molecule has 0 aliphatic carbocycles. The minimum atomic E-state index is -0.170. The Labute approximate surface area is 168 Å². The van der Waals surface area contributed by atoms with E-state index in [1.54, 1.807) is 12.4 Å². The zero-order valence-electron chi connectivity index (χ0n) is 16.5. The van der Waals surface area contributed by atoms with Crippen LogP contribution in [0.4, 0.5) is 0 Å². The van der Waals surface area contributed by atoms with E-state index in [9.17, 15) is 4.79 Å². The number of hydrogen-bond donors (Lipinski definition) is 1. The van der Waals surface area contributed by atoms with E-state index in [1.165, 1.54) is 6.33 Å². The van der Waals surface area contributed by atoms with Crippen molar-refractivity contribution in [3.8, 4) is 22.6 Å². The second-order valence-electron chi connectivity index (χ2n) is 7.08. The minimum absolute atomic E-state index is 0.170. The van der Waals surface area contributed by atoms with E-state index < -0.39 is 0 Å². The van der Waals surface area contributed by atoms with Crippen molar-refractivity contribution in [3.63, 3.8) is 0 Å². The first-order valence-corrected chi connectivity index (χ1v) is 9.50. The molecule has 0 radical (unpaired) electrons. The van der Waals surface area contributed by atoms with Gasteiger partial charge in [-0.1, -0.05) is 12.1 Å². The van der Waals surface area contributed by atoms with Crippen molar-refractivity contribution >= 4 is 11.0 Å². The van der Waals surface area contributed by atoms with Gasteiger partial charge in [-0.3, -0.25) is 14.3 Å². The minimum Gasteiger partial charge on any atom is -0.494 e. The van der Waals surface area contributed by atoms with Gasteiger partial charge in [-0.15, -0.1) is 0 Å². The Hall–Kier alpha value is -3.45. The predicted octanol–water partition coefficient (Wildman–Crippen LogP) is 3.11. The molecule has 0 unspecified atom stereocenters. The van der Waals surface area contributed by atoms with Crippen LogP contribution in [0.25, 0.3) is 27.8 Å². The van der Waals surface area contributed by atoms with Crippen molar-refractivity contribution < 1.29 is 4.74 Å². The molecule has 4 rings (SSSR count). The molecule has 0 atom stereocenters. The SMILES string of the molecule is CN(C)CCCOc1ccc(-c2cn(-c3cccnc3)c3nc[nH]c(=O)c23)cc1. The van der Waals surface area contributed by atoms with E-state index in [-0.39, 0.29) is 5.56 Å². The molecule has 1 N–H and O–H groups in total. The van der Waals surface area contributed by atoms with Crippen molar-refractivity contribution in [2.24, 2.45) is 0 Å². The Morgan fingerprint density at radius 3 is 2.72 bits per heavy atom. The number of benzene rings is 1. The summed E-state index contributed by atoms with van der Waals surface area (Å²) in [7, 11) is 4.10. The van der Waals surface area contributed by atoms with E-state index in [4.69, 9.17) is 4.74 Å². The smallest absolute Gasteiger partial charge is 0.260 e. The van der Waals surface area contributed by atoms with Crippen LogP contribution in [0.3, 0.4) is 0 Å². The van der Waals surface area contributed by atoms with E-state index >= 15 is 0 Å². The van der Waals surface area contributed by atoms with Gasteiger partial charge in [0.05, 0.1) is 30.2 Å². The molecule has 3 heterocycles. The molecule has 7 heteroatoms. The summed E-state index contributed by atoms with van der Waals surface area (Å²) in [5, 5.41) is 0.552. The fourth-order valence-corrected chi connectivity index (χ4v) is 3.28. The number of hydrogen-bond acceptors (Lipinski definition) is 5. The summed E-state index contributed by atoms with van der Waals surface area (Å²) in [5.41, 5.74) is 3.02. The Bertz CT molecular complexity index is 1150. The zero-order valence-corrected chi connectivity index (χ0v) is 16.5. The molecule has 0 fully saturated rings. The van der Waals surface area contributed by atoms with Crippen LogP contribution in [-0.4, -0.2) is 51.7 Å². The molecule has 0 saturated heterocycles. The predicted molar refractivity (Wildman–Crippen MR) is 114 cm³/mol. The van der Waals surface area contributed by atoms with Gasteiger partial charge < -0.3 is 14.6 Å². The number of nitrogens with zero attached hydrogens (tertiary/aromatic N) is 4. The molecule has 0 aliphatic rings. The van der Waals surface area contributed by atoms with Gasteiger partial charge in [0, 0.05) is 24.5 Å². The standard InChI is InChI=1S/C22H23N5O2/c1-26(2)11-4-12-29-18-8-6-16(7-9-18)19-14-27(17-5-3-10-23-13-17)21-20(19)22(28)25-15-24-21/h3,5-10,13-15H,4,11-12H2,1-2H3,(H,24,25,28). The number of aromatic amines is 1. The second kappa shape index (κ2) is 8.28. The first kappa shape index (κ1) is 18.9. The van der Waals surface area contributed by atoms with Gasteiger partial charge >= 0.3 is 0 Å². The molecule has 0 saturated carbocycles. The summed E-state index contributed by atoms with van der Waals surface area (Å²) in [6.45, 7) is 1.66. The van der Waals surface area contributed by atoms with Gasteiger partial charge in [0.2, 0.25) is 0 Å². The number of rotatable bonds is 7. The van der Waals surface area contributed by atoms with Crippen LogP contribution >= 0.6 is 0 Å². The highest BCUT2D eigenvalue weighted by Gasteiger charge is 2.16. The number of ether oxygens (including phenoxy) is 1. The van der Waals surface area contributed by atoms with Gasteiger partial charge in [-0.05, 0) is 50.3 Å². The van der Waals surface area contributed by atoms with E-state index in [1.807, 2.05) is 61.3 Å². The fraction of sp³-hybridized carbons (Fsp3) is 0.227. The third-order valence-corrected chi connectivity index (χ3v) is 4.70. The normalized spacial score (nSPS) is 11.3. The molecule has 4 aromatic rings. The quantitative estimate of drug-likeness (QED) is 0.492. The maximum Gasteiger partial charge on any atom is 0.260 e. The lowest BCUT2D eigenvalue weighted by Gasteiger charge is -2.10. The summed E-state index contributed by atoms with van der Waals surface area (Å²) in [6.07, 6.45) is 7.78. The third-order valence-electron chi connectivity index (χ3n) is 4.70. The summed E-state index contributed by atoms with van der Waals surface area (Å²) >= 11 is 0. The average molecular weight is 389 g/mol. The van der Waals surface area contributed by atoms with Crippen LogP contribution in [0.15, 0.2) is 66.1 Å². The van der Waals surface area contributed by atoms with Crippen LogP contribution < -0.4 is 10.3 Å². The van der Waals surface area contributed by atoms with Gasteiger partial charge in [-0.25, -0.2) is 4.98 Å². The second-order valence-corrected chi connectivity index (χ2v) is 7.08. The molecule has 29 heavy (non-hydrogen) atoms. The Kier molecular flexibility index (Phi) is 5.39. The van der Waals surface area contributed by atoms with Crippen LogP contribution in [0, 0.1) is 0 Å². The highest BCUT2D eigenvalue weighted by Crippen LogP contribution is 2.30. The highest BCUT2D eigenvalue weighted by atomic mass is 16.5. The van der Waals surface area contributed by atoms with Crippen molar-refractivity contribution in [2.75, 3.05) is 27.2 Å². The van der Waals surface area contributed by atoms with Gasteiger partial charge in [0.15, 0.2) is 5.65 Å². The molecule has 3 aromatic heterocycles. The van der Waals surface area contributed by atoms with Gasteiger partial charge in [0.1, 0.15) is 5.75 Å². The first-order valence-electron chi connectivity index (χ1n) is 9.50. The Morgan fingerprint density at radius 1 is 1.17 bits per heavy atom. The molecular weight excluding hydrogens is 366 g/mol. The van der Waals surface area contributed by atoms with E-state index in [0.29, 0.717) is 17.6 Å². The molecular formula is C22H23N5O2. The van der Waals surface area contributed by atoms with Crippen LogP contribution in [0.1, 0.15) is 6.42 Å². The lowest BCUT2D eigenvalue weighted by atomic mass is 10.1. The molecule has 0 spiro atoms.